The normalized spacial score (nSPS) is 12.0. The Morgan fingerprint density at radius 3 is 2.36 bits per heavy atom. The number of aldehydes is 1. The van der Waals surface area contributed by atoms with Gasteiger partial charge in [0.25, 0.3) is 0 Å². The van der Waals surface area contributed by atoms with Crippen LogP contribution in [0, 0.1) is 0 Å². The molecule has 0 aromatic heterocycles. The molecule has 2 aromatic rings. The third kappa shape index (κ3) is 3.46. The molecule has 0 radical (unpaired) electrons. The molecule has 0 N–H and O–H groups in total. The molecule has 1 atom stereocenters. The largest absolute Gasteiger partial charge is 0.493 e. The minimum absolute atomic E-state index is 0.294. The number of likely N-dealkylation sites (N-methyl/N-ethyl adjacent to an activating group) is 1. The number of hydrogen-bond acceptors (Lipinski definition) is 4. The Hall–Kier alpha value is -2.33. The van der Waals surface area contributed by atoms with Crippen LogP contribution in [0.15, 0.2) is 48.5 Å². The lowest BCUT2D eigenvalue weighted by Crippen LogP contribution is -2.25. The molecule has 0 spiro atoms. The van der Waals surface area contributed by atoms with Crippen LogP contribution < -0.4 is 9.47 Å². The number of methoxy groups -OCH3 is 2. The van der Waals surface area contributed by atoms with Gasteiger partial charge in [0, 0.05) is 12.1 Å². The first kappa shape index (κ1) is 16.0. The van der Waals surface area contributed by atoms with Crippen molar-refractivity contribution in [2.75, 3.05) is 21.3 Å². The second kappa shape index (κ2) is 7.61. The van der Waals surface area contributed by atoms with Gasteiger partial charge in [0.1, 0.15) is 6.29 Å². The molecule has 4 heteroatoms. The number of carbonyl (C=O) groups is 1. The molecule has 4 nitrogen and oxygen atoms in total. The quantitative estimate of drug-likeness (QED) is 0.737. The Morgan fingerprint density at radius 2 is 1.77 bits per heavy atom. The second-order valence-corrected chi connectivity index (χ2v) is 5.06. The van der Waals surface area contributed by atoms with E-state index in [4.69, 9.17) is 9.47 Å². The highest BCUT2D eigenvalue weighted by Crippen LogP contribution is 2.32. The van der Waals surface area contributed by atoms with Gasteiger partial charge >= 0.3 is 0 Å². The van der Waals surface area contributed by atoms with Crippen molar-refractivity contribution in [2.45, 2.75) is 12.6 Å². The van der Waals surface area contributed by atoms with Crippen LogP contribution in [-0.2, 0) is 11.3 Å². The topological polar surface area (TPSA) is 38.8 Å². The maximum Gasteiger partial charge on any atom is 0.165 e. The Bertz CT molecular complexity index is 613. The molecule has 116 valence electrons. The first-order valence-electron chi connectivity index (χ1n) is 7.11. The number of para-hydroxylation sites is 1. The smallest absolute Gasteiger partial charge is 0.165 e. The summed E-state index contributed by atoms with van der Waals surface area (Å²) in [6.45, 7) is 0.582. The molecular formula is C18H21NO3. The van der Waals surface area contributed by atoms with Crippen LogP contribution in [-0.4, -0.2) is 32.5 Å². The summed E-state index contributed by atoms with van der Waals surface area (Å²) < 4.78 is 10.8. The molecular weight excluding hydrogens is 278 g/mol. The fourth-order valence-electron chi connectivity index (χ4n) is 2.53. The van der Waals surface area contributed by atoms with Crippen molar-refractivity contribution in [3.8, 4) is 11.5 Å². The Labute approximate surface area is 131 Å². The Balaban J connectivity index is 2.24. The molecule has 0 amide bonds. The fraction of sp³-hybridized carbons (Fsp3) is 0.278. The van der Waals surface area contributed by atoms with Crippen molar-refractivity contribution < 1.29 is 14.3 Å². The lowest BCUT2D eigenvalue weighted by atomic mass is 10.1. The van der Waals surface area contributed by atoms with Gasteiger partial charge in [-0.25, -0.2) is 0 Å². The van der Waals surface area contributed by atoms with E-state index in [1.165, 1.54) is 0 Å². The average molecular weight is 299 g/mol. The third-order valence-corrected chi connectivity index (χ3v) is 3.65. The third-order valence-electron chi connectivity index (χ3n) is 3.65. The van der Waals surface area contributed by atoms with E-state index in [9.17, 15) is 4.79 Å². The summed E-state index contributed by atoms with van der Waals surface area (Å²) >= 11 is 0. The second-order valence-electron chi connectivity index (χ2n) is 5.06. The van der Waals surface area contributed by atoms with Crippen LogP contribution >= 0.6 is 0 Å². The molecule has 0 saturated carbocycles. The molecule has 2 rings (SSSR count). The van der Waals surface area contributed by atoms with E-state index in [0.717, 1.165) is 17.4 Å². The van der Waals surface area contributed by atoms with Crippen LogP contribution in [0.25, 0.3) is 0 Å². The van der Waals surface area contributed by atoms with E-state index in [-0.39, 0.29) is 6.04 Å². The van der Waals surface area contributed by atoms with Gasteiger partial charge in [-0.15, -0.1) is 0 Å². The highest BCUT2D eigenvalue weighted by molar-refractivity contribution is 5.61. The molecule has 0 fully saturated rings. The molecule has 0 bridgehead atoms. The summed E-state index contributed by atoms with van der Waals surface area (Å²) in [7, 11) is 5.16. The van der Waals surface area contributed by atoms with Crippen LogP contribution in [0.5, 0.6) is 11.5 Å². The minimum Gasteiger partial charge on any atom is -0.493 e. The van der Waals surface area contributed by atoms with Crippen molar-refractivity contribution in [3.05, 3.63) is 59.7 Å². The lowest BCUT2D eigenvalue weighted by molar-refractivity contribution is -0.112. The standard InChI is InChI=1S/C18H21NO3/c1-19(16(13-20)14-8-5-4-6-9-14)12-15-10-7-11-17(21-2)18(15)22-3/h4-11,13,16H,12H2,1-3H3/t16-/m1/s1. The van der Waals surface area contributed by atoms with Gasteiger partial charge < -0.3 is 14.3 Å². The van der Waals surface area contributed by atoms with Crippen LogP contribution in [0.3, 0.4) is 0 Å². The van der Waals surface area contributed by atoms with Gasteiger partial charge in [0.2, 0.25) is 0 Å². The maximum atomic E-state index is 11.5. The first-order valence-corrected chi connectivity index (χ1v) is 7.11. The summed E-state index contributed by atoms with van der Waals surface area (Å²) in [5.41, 5.74) is 1.95. The number of ether oxygens (including phenoxy) is 2. The van der Waals surface area contributed by atoms with Crippen LogP contribution in [0.2, 0.25) is 0 Å². The van der Waals surface area contributed by atoms with Crippen molar-refractivity contribution in [2.24, 2.45) is 0 Å². The summed E-state index contributed by atoms with van der Waals surface area (Å²) in [4.78, 5) is 13.5. The lowest BCUT2D eigenvalue weighted by Gasteiger charge is -2.25. The van der Waals surface area contributed by atoms with Crippen molar-refractivity contribution in [3.63, 3.8) is 0 Å². The first-order chi connectivity index (χ1) is 10.7. The molecule has 0 aliphatic rings. The summed E-state index contributed by atoms with van der Waals surface area (Å²) in [5, 5.41) is 0. The van der Waals surface area contributed by atoms with Crippen molar-refractivity contribution >= 4 is 6.29 Å². The van der Waals surface area contributed by atoms with Gasteiger partial charge in [0.05, 0.1) is 20.3 Å². The van der Waals surface area contributed by atoms with Gasteiger partial charge in [0.15, 0.2) is 11.5 Å². The molecule has 0 aliphatic carbocycles. The van der Waals surface area contributed by atoms with E-state index in [0.29, 0.717) is 18.0 Å². The maximum absolute atomic E-state index is 11.5. The zero-order chi connectivity index (χ0) is 15.9. The Morgan fingerprint density at radius 1 is 1.05 bits per heavy atom. The highest BCUT2D eigenvalue weighted by atomic mass is 16.5. The predicted molar refractivity (Wildman–Crippen MR) is 86.3 cm³/mol. The molecule has 0 aliphatic heterocycles. The van der Waals surface area contributed by atoms with Crippen molar-refractivity contribution in [1.82, 2.24) is 4.90 Å². The Kier molecular flexibility index (Phi) is 5.55. The monoisotopic (exact) mass is 299 g/mol. The molecule has 0 saturated heterocycles. The number of hydrogen-bond donors (Lipinski definition) is 0. The van der Waals surface area contributed by atoms with Crippen LogP contribution in [0.4, 0.5) is 0 Å². The summed E-state index contributed by atoms with van der Waals surface area (Å²) in [6.07, 6.45) is 0.960. The number of rotatable bonds is 7. The minimum atomic E-state index is -0.294. The molecule has 0 heterocycles. The predicted octanol–water partition coefficient (Wildman–Crippen LogP) is 3.08. The molecule has 22 heavy (non-hydrogen) atoms. The van der Waals surface area contributed by atoms with E-state index >= 15 is 0 Å². The van der Waals surface area contributed by atoms with E-state index in [1.807, 2.05) is 60.5 Å². The van der Waals surface area contributed by atoms with Gasteiger partial charge in [-0.3, -0.25) is 4.90 Å². The van der Waals surface area contributed by atoms with Crippen molar-refractivity contribution in [1.29, 1.82) is 0 Å². The zero-order valence-corrected chi connectivity index (χ0v) is 13.2. The van der Waals surface area contributed by atoms with Gasteiger partial charge in [-0.05, 0) is 18.7 Å². The fourth-order valence-corrected chi connectivity index (χ4v) is 2.53. The summed E-state index contributed by atoms with van der Waals surface area (Å²) in [5.74, 6) is 1.39. The number of carbonyl (C=O) groups excluding carboxylic acids is 1. The summed E-state index contributed by atoms with van der Waals surface area (Å²) in [6, 6.07) is 15.2. The zero-order valence-electron chi connectivity index (χ0n) is 13.2. The number of nitrogens with zero attached hydrogens (tertiary/aromatic N) is 1. The van der Waals surface area contributed by atoms with E-state index in [2.05, 4.69) is 0 Å². The van der Waals surface area contributed by atoms with E-state index in [1.54, 1.807) is 14.2 Å². The highest BCUT2D eigenvalue weighted by Gasteiger charge is 2.18. The molecule has 2 aromatic carbocycles. The van der Waals surface area contributed by atoms with Crippen LogP contribution in [0.1, 0.15) is 17.2 Å². The number of benzene rings is 2. The van der Waals surface area contributed by atoms with Gasteiger partial charge in [-0.2, -0.15) is 0 Å². The SMILES string of the molecule is COc1cccc(CN(C)[C@H](C=O)c2ccccc2)c1OC. The van der Waals surface area contributed by atoms with Gasteiger partial charge in [-0.1, -0.05) is 42.5 Å². The average Bonchev–Trinajstić information content (AvgIpc) is 2.56. The molecule has 0 unspecified atom stereocenters. The van der Waals surface area contributed by atoms with E-state index < -0.39 is 0 Å².